The van der Waals surface area contributed by atoms with Gasteiger partial charge in [-0.1, -0.05) is 18.5 Å². The molecule has 0 saturated heterocycles. The first-order chi connectivity index (χ1) is 10.7. The first kappa shape index (κ1) is 18.2. The van der Waals surface area contributed by atoms with Gasteiger partial charge in [0, 0.05) is 18.4 Å². The van der Waals surface area contributed by atoms with Crippen molar-refractivity contribution < 1.29 is 14.2 Å². The second-order valence-electron chi connectivity index (χ2n) is 4.42. The third-order valence-corrected chi connectivity index (χ3v) is 6.83. The molecule has 1 aromatic carbocycles. The molecule has 0 bridgehead atoms. The molecule has 0 spiro atoms. The van der Waals surface area contributed by atoms with E-state index < -0.39 is 11.4 Å². The number of halogens is 3. The average Bonchev–Trinajstić information content (AvgIpc) is 2.49. The van der Waals surface area contributed by atoms with Crippen LogP contribution < -0.4 is 10.0 Å². The zero-order valence-electron chi connectivity index (χ0n) is 11.7. The van der Waals surface area contributed by atoms with E-state index in [1.807, 2.05) is 0 Å². The van der Waals surface area contributed by atoms with E-state index in [1.165, 1.54) is 24.4 Å². The molecule has 2 aromatic rings. The Balaban J connectivity index is 2.47. The third-order valence-electron chi connectivity index (χ3n) is 2.90. The normalized spacial score (nSPS) is 13.4. The molecule has 0 aliphatic heterocycles. The van der Waals surface area contributed by atoms with Crippen molar-refractivity contribution in [3.8, 4) is 11.6 Å². The van der Waals surface area contributed by atoms with Gasteiger partial charge >= 0.3 is 0 Å². The van der Waals surface area contributed by atoms with Gasteiger partial charge in [-0.2, -0.15) is 0 Å². The van der Waals surface area contributed by atoms with Crippen LogP contribution in [0.15, 0.2) is 34.9 Å². The van der Waals surface area contributed by atoms with E-state index in [1.54, 1.807) is 13.0 Å². The van der Waals surface area contributed by atoms with E-state index in [9.17, 15) is 14.7 Å². The highest BCUT2D eigenvalue weighted by Crippen LogP contribution is 2.52. The quantitative estimate of drug-likeness (QED) is 0.355. The molecular formula is C13H10BrCl2N2O4P. The van der Waals surface area contributed by atoms with Crippen LogP contribution in [0.3, 0.4) is 0 Å². The SMILES string of the molecule is CCP(=O)(Cl)c1cc(Oc2ncc(Cl)cc2Br)ccc1[N+](=O)[O-]. The van der Waals surface area contributed by atoms with Gasteiger partial charge in [0.1, 0.15) is 11.1 Å². The Morgan fingerprint density at radius 3 is 2.70 bits per heavy atom. The van der Waals surface area contributed by atoms with Crippen molar-refractivity contribution in [1.82, 2.24) is 4.98 Å². The van der Waals surface area contributed by atoms with Crippen LogP contribution in [-0.2, 0) is 4.57 Å². The summed E-state index contributed by atoms with van der Waals surface area (Å²) < 4.78 is 18.5. The number of nitrogens with zero attached hydrogens (tertiary/aromatic N) is 2. The minimum atomic E-state index is -3.37. The largest absolute Gasteiger partial charge is 0.438 e. The highest BCUT2D eigenvalue weighted by molar-refractivity contribution is 9.10. The van der Waals surface area contributed by atoms with Crippen LogP contribution in [0.25, 0.3) is 0 Å². The average molecular weight is 440 g/mol. The van der Waals surface area contributed by atoms with E-state index in [0.717, 1.165) is 0 Å². The Bertz CT molecular complexity index is 819. The van der Waals surface area contributed by atoms with Crippen molar-refractivity contribution in [3.63, 3.8) is 0 Å². The van der Waals surface area contributed by atoms with Crippen molar-refractivity contribution in [3.05, 3.63) is 50.1 Å². The summed E-state index contributed by atoms with van der Waals surface area (Å²) in [6.07, 6.45) is 1.48. The number of aromatic nitrogens is 1. The summed E-state index contributed by atoms with van der Waals surface area (Å²) >= 11 is 15.0. The highest BCUT2D eigenvalue weighted by atomic mass is 79.9. The van der Waals surface area contributed by atoms with Gasteiger partial charge in [-0.15, -0.1) is 0 Å². The minimum absolute atomic E-state index is 0.0470. The van der Waals surface area contributed by atoms with Gasteiger partial charge in [0.05, 0.1) is 14.4 Å². The molecule has 2 rings (SSSR count). The summed E-state index contributed by atoms with van der Waals surface area (Å²) in [5.74, 6) is 0.450. The fourth-order valence-corrected chi connectivity index (χ4v) is 4.03. The maximum absolute atomic E-state index is 12.4. The summed E-state index contributed by atoms with van der Waals surface area (Å²) in [6.45, 7) is -1.77. The number of nitro benzene ring substituents is 1. The Labute approximate surface area is 150 Å². The third kappa shape index (κ3) is 4.23. The summed E-state index contributed by atoms with van der Waals surface area (Å²) in [6, 6.07) is 5.49. The van der Waals surface area contributed by atoms with Crippen LogP contribution in [0.1, 0.15) is 6.92 Å². The van der Waals surface area contributed by atoms with Gasteiger partial charge in [-0.3, -0.25) is 10.1 Å². The molecule has 0 radical (unpaired) electrons. The lowest BCUT2D eigenvalue weighted by atomic mass is 10.3. The predicted molar refractivity (Wildman–Crippen MR) is 93.8 cm³/mol. The number of hydrogen-bond acceptors (Lipinski definition) is 5. The fraction of sp³-hybridized carbons (Fsp3) is 0.154. The zero-order valence-corrected chi connectivity index (χ0v) is 15.7. The number of rotatable bonds is 5. The number of nitro groups is 1. The van der Waals surface area contributed by atoms with Crippen LogP contribution in [0, 0.1) is 10.1 Å². The molecule has 0 fully saturated rings. The molecule has 1 unspecified atom stereocenters. The maximum atomic E-state index is 12.4. The van der Waals surface area contributed by atoms with Crippen LogP contribution in [-0.4, -0.2) is 16.1 Å². The molecule has 1 aromatic heterocycles. The summed E-state index contributed by atoms with van der Waals surface area (Å²) in [4.78, 5) is 14.5. The summed E-state index contributed by atoms with van der Waals surface area (Å²) in [7, 11) is 0. The molecule has 1 heterocycles. The topological polar surface area (TPSA) is 82.3 Å². The number of pyridine rings is 1. The maximum Gasteiger partial charge on any atom is 0.281 e. The van der Waals surface area contributed by atoms with Gasteiger partial charge in [-0.25, -0.2) is 4.98 Å². The van der Waals surface area contributed by atoms with E-state index in [0.29, 0.717) is 9.50 Å². The number of ether oxygens (including phenoxy) is 1. The molecule has 1 atom stereocenters. The Hall–Kier alpha value is -1.14. The van der Waals surface area contributed by atoms with Gasteiger partial charge in [0.15, 0.2) is 0 Å². The molecule has 0 saturated carbocycles. The van der Waals surface area contributed by atoms with Gasteiger partial charge in [-0.05, 0) is 45.4 Å². The molecule has 0 aliphatic carbocycles. The lowest BCUT2D eigenvalue weighted by molar-refractivity contribution is -0.383. The van der Waals surface area contributed by atoms with Crippen molar-refractivity contribution in [2.24, 2.45) is 0 Å². The van der Waals surface area contributed by atoms with E-state index >= 15 is 0 Å². The number of benzene rings is 1. The van der Waals surface area contributed by atoms with Crippen molar-refractivity contribution >= 4 is 56.3 Å². The Kier molecular flexibility index (Phi) is 5.68. The smallest absolute Gasteiger partial charge is 0.281 e. The van der Waals surface area contributed by atoms with Gasteiger partial charge in [0.25, 0.3) is 5.69 Å². The van der Waals surface area contributed by atoms with Crippen molar-refractivity contribution in [2.75, 3.05) is 6.16 Å². The molecule has 0 amide bonds. The van der Waals surface area contributed by atoms with Crippen molar-refractivity contribution in [2.45, 2.75) is 6.92 Å². The van der Waals surface area contributed by atoms with E-state index in [-0.39, 0.29) is 28.8 Å². The highest BCUT2D eigenvalue weighted by Gasteiger charge is 2.29. The van der Waals surface area contributed by atoms with Crippen LogP contribution >= 0.6 is 45.3 Å². The standard InChI is InChI=1S/C13H10BrCl2N2O4P/c1-2-23(16,21)12-6-9(3-4-11(12)18(19)20)22-13-10(14)5-8(15)7-17-13/h3-7H,2H2,1H3. The summed E-state index contributed by atoms with van der Waals surface area (Å²) in [5.41, 5.74) is -0.305. The molecule has 122 valence electrons. The predicted octanol–water partition coefficient (Wildman–Crippen LogP) is 5.36. The Morgan fingerprint density at radius 2 is 2.13 bits per heavy atom. The van der Waals surface area contributed by atoms with Crippen LogP contribution in [0.4, 0.5) is 5.69 Å². The monoisotopic (exact) mass is 438 g/mol. The Morgan fingerprint density at radius 1 is 1.43 bits per heavy atom. The molecule has 0 N–H and O–H groups in total. The summed E-state index contributed by atoms with van der Waals surface area (Å²) in [5, 5.41) is 11.5. The second kappa shape index (κ2) is 7.18. The molecule has 10 heteroatoms. The van der Waals surface area contributed by atoms with Crippen molar-refractivity contribution in [1.29, 1.82) is 0 Å². The minimum Gasteiger partial charge on any atom is -0.438 e. The molecule has 23 heavy (non-hydrogen) atoms. The zero-order chi connectivity index (χ0) is 17.2. The van der Waals surface area contributed by atoms with E-state index in [4.69, 9.17) is 27.6 Å². The first-order valence-electron chi connectivity index (χ1n) is 6.31. The van der Waals surface area contributed by atoms with Crippen LogP contribution in [0.5, 0.6) is 11.6 Å². The second-order valence-corrected chi connectivity index (χ2v) is 9.76. The van der Waals surface area contributed by atoms with Gasteiger partial charge in [0.2, 0.25) is 12.4 Å². The first-order valence-corrected chi connectivity index (χ1v) is 10.3. The molecule has 6 nitrogen and oxygen atoms in total. The fourth-order valence-electron chi connectivity index (χ4n) is 1.75. The van der Waals surface area contributed by atoms with Gasteiger partial charge < -0.3 is 9.30 Å². The van der Waals surface area contributed by atoms with E-state index in [2.05, 4.69) is 20.9 Å². The molecular weight excluding hydrogens is 430 g/mol. The van der Waals surface area contributed by atoms with Crippen LogP contribution in [0.2, 0.25) is 5.02 Å². The molecule has 0 aliphatic rings. The number of hydrogen-bond donors (Lipinski definition) is 0. The lowest BCUT2D eigenvalue weighted by Crippen LogP contribution is -2.10. The lowest BCUT2D eigenvalue weighted by Gasteiger charge is -2.12.